The second-order valence-corrected chi connectivity index (χ2v) is 12.7. The molecule has 0 bridgehead atoms. The number of aliphatic carboxylic acids is 1. The highest BCUT2D eigenvalue weighted by atomic mass is 32.2. The normalized spacial score (nSPS) is 24.1. The van der Waals surface area contributed by atoms with E-state index in [9.17, 15) is 27.9 Å². The van der Waals surface area contributed by atoms with E-state index in [0.29, 0.717) is 10.2 Å². The number of fused-ring (bicyclic) bond motifs is 1. The first-order valence-corrected chi connectivity index (χ1v) is 14.9. The molecular weight excluding hydrogens is 541 g/mol. The number of amides is 2. The smallest absolute Gasteiger partial charge is 0.313 e. The number of thioether (sulfide) groups is 2. The molecule has 2 amide bonds. The van der Waals surface area contributed by atoms with E-state index in [-0.39, 0.29) is 48.2 Å². The maximum absolute atomic E-state index is 13.1. The molecule has 190 valence electrons. The lowest BCUT2D eigenvalue weighted by molar-refractivity contribution is -0.156. The highest BCUT2D eigenvalue weighted by Crippen LogP contribution is 2.46. The van der Waals surface area contributed by atoms with Crippen molar-refractivity contribution in [2.45, 2.75) is 36.5 Å². The van der Waals surface area contributed by atoms with Crippen LogP contribution in [0.1, 0.15) is 13.3 Å². The van der Waals surface area contributed by atoms with Crippen molar-refractivity contribution >= 4 is 67.8 Å². The van der Waals surface area contributed by atoms with Crippen LogP contribution in [-0.4, -0.2) is 96.2 Å². The fraction of sp³-hybridized carbons (Fsp3) is 0.556. The average Bonchev–Trinajstić information content (AvgIpc) is 3.46. The molecule has 3 atom stereocenters. The number of β-lactam (4-membered cyclic amide) rings is 1. The van der Waals surface area contributed by atoms with E-state index < -0.39 is 33.3 Å². The van der Waals surface area contributed by atoms with E-state index in [4.69, 9.17) is 4.55 Å². The lowest BCUT2D eigenvalue weighted by atomic mass is 9.89. The van der Waals surface area contributed by atoms with Gasteiger partial charge in [-0.05, 0) is 34.4 Å². The number of anilines is 1. The summed E-state index contributed by atoms with van der Waals surface area (Å²) in [6.45, 7) is 1.52. The zero-order valence-corrected chi connectivity index (χ0v) is 21.6. The molecule has 0 radical (unpaired) electrons. The van der Waals surface area contributed by atoms with E-state index in [1.807, 2.05) is 5.38 Å². The molecule has 2 saturated heterocycles. The summed E-state index contributed by atoms with van der Waals surface area (Å²) in [6, 6.07) is 2.90. The molecule has 35 heavy (non-hydrogen) atoms. The SMILES string of the molecule is CC(=O)N(c1cccs1)C1C(=O)N2CC(CSc3nnnn3CCCS(=O)(=O)O)(C(=O)O)CS[C@H]12. The quantitative estimate of drug-likeness (QED) is 0.233. The lowest BCUT2D eigenvalue weighted by Crippen LogP contribution is -2.74. The number of carboxylic acid groups (broad SMARTS) is 1. The van der Waals surface area contributed by atoms with Crippen molar-refractivity contribution < 1.29 is 32.5 Å². The number of thiophene rings is 1. The van der Waals surface area contributed by atoms with E-state index >= 15 is 0 Å². The Morgan fingerprint density at radius 1 is 1.40 bits per heavy atom. The Bertz CT molecular complexity index is 1220. The van der Waals surface area contributed by atoms with Gasteiger partial charge in [-0.1, -0.05) is 11.8 Å². The highest BCUT2D eigenvalue weighted by molar-refractivity contribution is 8.00. The number of hydrogen-bond acceptors (Lipinski definition) is 11. The van der Waals surface area contributed by atoms with Crippen LogP contribution < -0.4 is 4.90 Å². The molecule has 17 heteroatoms. The number of hydrogen-bond donors (Lipinski definition) is 2. The first-order chi connectivity index (χ1) is 16.5. The maximum Gasteiger partial charge on any atom is 0.313 e. The number of nitrogens with zero attached hydrogens (tertiary/aromatic N) is 6. The molecule has 2 aromatic rings. The van der Waals surface area contributed by atoms with Gasteiger partial charge < -0.3 is 10.0 Å². The van der Waals surface area contributed by atoms with Crippen LogP contribution in [0, 0.1) is 5.41 Å². The number of tetrazole rings is 1. The second-order valence-electron chi connectivity index (χ2n) is 8.15. The third-order valence-corrected chi connectivity index (χ3v) is 10.2. The second kappa shape index (κ2) is 10.0. The third-order valence-electron chi connectivity index (χ3n) is 5.68. The molecule has 2 unspecified atom stereocenters. The molecule has 2 N–H and O–H groups in total. The van der Waals surface area contributed by atoms with Gasteiger partial charge in [0.1, 0.15) is 16.8 Å². The van der Waals surface area contributed by atoms with Crippen LogP contribution in [0.25, 0.3) is 0 Å². The zero-order valence-electron chi connectivity index (χ0n) is 18.4. The Morgan fingerprint density at radius 2 is 2.17 bits per heavy atom. The van der Waals surface area contributed by atoms with E-state index in [1.165, 1.54) is 44.5 Å². The molecule has 2 aliphatic heterocycles. The van der Waals surface area contributed by atoms with Crippen LogP contribution in [0.15, 0.2) is 22.7 Å². The first kappa shape index (κ1) is 25.9. The molecule has 2 aromatic heterocycles. The minimum Gasteiger partial charge on any atom is -0.481 e. The minimum absolute atomic E-state index is 0.0111. The van der Waals surface area contributed by atoms with Crippen molar-refractivity contribution in [3.63, 3.8) is 0 Å². The summed E-state index contributed by atoms with van der Waals surface area (Å²) in [5.41, 5.74) is -1.26. The minimum atomic E-state index is -4.11. The average molecular weight is 563 g/mol. The number of rotatable bonds is 10. The van der Waals surface area contributed by atoms with Crippen molar-refractivity contribution in [2.24, 2.45) is 5.41 Å². The summed E-state index contributed by atoms with van der Waals surface area (Å²) < 4.78 is 32.1. The zero-order chi connectivity index (χ0) is 25.4. The molecule has 0 saturated carbocycles. The highest BCUT2D eigenvalue weighted by Gasteiger charge is 2.59. The van der Waals surface area contributed by atoms with Crippen LogP contribution in [0.4, 0.5) is 5.00 Å². The van der Waals surface area contributed by atoms with Gasteiger partial charge >= 0.3 is 5.97 Å². The topological polar surface area (TPSA) is 176 Å². The number of carbonyl (C=O) groups excluding carboxylic acids is 2. The van der Waals surface area contributed by atoms with Crippen molar-refractivity contribution in [3.8, 4) is 0 Å². The number of aryl methyl sites for hydroxylation is 1. The van der Waals surface area contributed by atoms with E-state index in [1.54, 1.807) is 12.1 Å². The van der Waals surface area contributed by atoms with Gasteiger partial charge in [0.05, 0.1) is 10.8 Å². The van der Waals surface area contributed by atoms with Gasteiger partial charge in [0.2, 0.25) is 17.0 Å². The molecule has 2 aliphatic rings. The van der Waals surface area contributed by atoms with Gasteiger partial charge in [0.15, 0.2) is 0 Å². The predicted molar refractivity (Wildman–Crippen MR) is 129 cm³/mol. The van der Waals surface area contributed by atoms with E-state index in [0.717, 1.165) is 11.8 Å². The number of carbonyl (C=O) groups is 3. The predicted octanol–water partition coefficient (Wildman–Crippen LogP) is 0.512. The van der Waals surface area contributed by atoms with Crippen LogP contribution >= 0.6 is 34.9 Å². The Balaban J connectivity index is 1.43. The van der Waals surface area contributed by atoms with Crippen molar-refractivity contribution in [2.75, 3.05) is 28.7 Å². The molecule has 4 heterocycles. The first-order valence-electron chi connectivity index (χ1n) is 10.4. The van der Waals surface area contributed by atoms with Gasteiger partial charge in [-0.25, -0.2) is 4.68 Å². The molecule has 13 nitrogen and oxygen atoms in total. The van der Waals surface area contributed by atoms with Gasteiger partial charge in [0.25, 0.3) is 10.1 Å². The standard InChI is InChI=1S/C18H22N6O7S4/c1-11(25)24(12-4-2-6-32-12)13-14(26)22-8-18(16(27)28,9-33-15(13)22)10-34-17-19-20-21-23(17)5-3-7-35(29,30)31/h2,4,6,13,15H,3,5,7-10H2,1H3,(H,27,28)(H,29,30,31)/t13?,15-,18?/m1/s1. The summed E-state index contributed by atoms with van der Waals surface area (Å²) in [4.78, 5) is 40.7. The Kier molecular flexibility index (Phi) is 7.42. The fourth-order valence-corrected chi connectivity index (χ4v) is 8.03. The van der Waals surface area contributed by atoms with Crippen LogP contribution in [0.5, 0.6) is 0 Å². The summed E-state index contributed by atoms with van der Waals surface area (Å²) >= 11 is 3.79. The van der Waals surface area contributed by atoms with Crippen molar-refractivity contribution in [3.05, 3.63) is 17.5 Å². The van der Waals surface area contributed by atoms with Crippen LogP contribution in [0.3, 0.4) is 0 Å². The molecular formula is C18H22N6O7S4. The summed E-state index contributed by atoms with van der Waals surface area (Å²) in [5.74, 6) is -1.75. The van der Waals surface area contributed by atoms with Crippen molar-refractivity contribution in [1.29, 1.82) is 0 Å². The summed E-state index contributed by atoms with van der Waals surface area (Å²) in [7, 11) is -4.11. The van der Waals surface area contributed by atoms with Crippen molar-refractivity contribution in [1.82, 2.24) is 25.1 Å². The molecule has 0 spiro atoms. The Labute approximate surface area is 213 Å². The number of aromatic nitrogens is 4. The van der Waals surface area contributed by atoms with Crippen LogP contribution in [0.2, 0.25) is 0 Å². The fourth-order valence-electron chi connectivity index (χ4n) is 3.92. The van der Waals surface area contributed by atoms with Gasteiger partial charge in [0, 0.05) is 31.5 Å². The Hall–Kier alpha value is -2.21. The summed E-state index contributed by atoms with van der Waals surface area (Å²) in [5, 5.41) is 23.8. The van der Waals surface area contributed by atoms with E-state index in [2.05, 4.69) is 15.5 Å². The van der Waals surface area contributed by atoms with Crippen LogP contribution in [-0.2, 0) is 31.0 Å². The molecule has 4 rings (SSSR count). The summed E-state index contributed by atoms with van der Waals surface area (Å²) in [6.07, 6.45) is 0.0829. The number of carboxylic acids is 1. The molecule has 2 fully saturated rings. The Morgan fingerprint density at radius 3 is 2.80 bits per heavy atom. The monoisotopic (exact) mass is 562 g/mol. The van der Waals surface area contributed by atoms with Gasteiger partial charge in [-0.15, -0.1) is 28.2 Å². The molecule has 0 aromatic carbocycles. The maximum atomic E-state index is 13.1. The van der Waals surface area contributed by atoms with Gasteiger partial charge in [-0.2, -0.15) is 8.42 Å². The van der Waals surface area contributed by atoms with Gasteiger partial charge in [-0.3, -0.25) is 23.8 Å². The third kappa shape index (κ3) is 5.32. The lowest BCUT2D eigenvalue weighted by Gasteiger charge is -2.55. The molecule has 0 aliphatic carbocycles. The largest absolute Gasteiger partial charge is 0.481 e.